The van der Waals surface area contributed by atoms with Gasteiger partial charge in [-0.1, -0.05) is 19.9 Å². The van der Waals surface area contributed by atoms with Crippen LogP contribution >= 0.6 is 11.3 Å². The van der Waals surface area contributed by atoms with Gasteiger partial charge in [0.25, 0.3) is 5.91 Å². The Balaban J connectivity index is 2.03. The Morgan fingerprint density at radius 2 is 1.96 bits per heavy atom. The molecule has 0 saturated heterocycles. The fourth-order valence-electron chi connectivity index (χ4n) is 2.00. The fourth-order valence-corrected chi connectivity index (χ4v) is 3.06. The molecule has 26 heavy (non-hydrogen) atoms. The van der Waals surface area contributed by atoms with Crippen LogP contribution in [-0.4, -0.2) is 36.0 Å². The van der Waals surface area contributed by atoms with Gasteiger partial charge in [0.15, 0.2) is 6.61 Å². The first kappa shape index (κ1) is 19.6. The zero-order valence-electron chi connectivity index (χ0n) is 14.8. The minimum absolute atomic E-state index is 0.116. The van der Waals surface area contributed by atoms with Gasteiger partial charge in [-0.05, 0) is 31.0 Å². The highest BCUT2D eigenvalue weighted by atomic mass is 32.1. The number of hydrogen-bond donors (Lipinski definition) is 1. The second kappa shape index (κ2) is 9.10. The number of pyridine rings is 1. The molecule has 2 aromatic rings. The second-order valence-corrected chi connectivity index (χ2v) is 6.69. The molecule has 0 spiro atoms. The van der Waals surface area contributed by atoms with Crippen LogP contribution in [0.2, 0.25) is 0 Å². The maximum absolute atomic E-state index is 12.1. The summed E-state index contributed by atoms with van der Waals surface area (Å²) in [5.41, 5.74) is 0.413. The first-order valence-electron chi connectivity index (χ1n) is 8.11. The fraction of sp³-hybridized carbons (Fsp3) is 0.333. The predicted molar refractivity (Wildman–Crippen MR) is 97.5 cm³/mol. The normalized spacial score (nSPS) is 10.5. The van der Waals surface area contributed by atoms with Crippen molar-refractivity contribution >= 4 is 34.2 Å². The van der Waals surface area contributed by atoms with E-state index in [4.69, 9.17) is 9.47 Å². The molecule has 0 fully saturated rings. The molecule has 0 saturated carbocycles. The average Bonchev–Trinajstić information content (AvgIpc) is 3.05. The van der Waals surface area contributed by atoms with E-state index in [1.165, 1.54) is 23.6 Å². The summed E-state index contributed by atoms with van der Waals surface area (Å²) in [6, 6.07) is 6.52. The monoisotopic (exact) mass is 376 g/mol. The number of rotatable bonds is 7. The van der Waals surface area contributed by atoms with Gasteiger partial charge in [-0.2, -0.15) is 0 Å². The molecule has 8 heteroatoms. The van der Waals surface area contributed by atoms with Crippen LogP contribution in [0.5, 0.6) is 0 Å². The van der Waals surface area contributed by atoms with Crippen LogP contribution in [0, 0.1) is 0 Å². The lowest BCUT2D eigenvalue weighted by atomic mass is 10.1. The van der Waals surface area contributed by atoms with Gasteiger partial charge in [0, 0.05) is 11.1 Å². The second-order valence-electron chi connectivity index (χ2n) is 5.61. The highest BCUT2D eigenvalue weighted by Gasteiger charge is 2.21. The lowest BCUT2D eigenvalue weighted by Crippen LogP contribution is -2.22. The Bertz CT molecular complexity index is 786. The van der Waals surface area contributed by atoms with Crippen LogP contribution in [0.3, 0.4) is 0 Å². The molecule has 1 N–H and O–H groups in total. The van der Waals surface area contributed by atoms with E-state index in [1.807, 2.05) is 13.8 Å². The summed E-state index contributed by atoms with van der Waals surface area (Å²) in [7, 11) is 0. The Morgan fingerprint density at radius 1 is 1.19 bits per heavy atom. The van der Waals surface area contributed by atoms with E-state index >= 15 is 0 Å². The zero-order valence-corrected chi connectivity index (χ0v) is 15.6. The molecule has 0 aliphatic rings. The van der Waals surface area contributed by atoms with Crippen molar-refractivity contribution in [3.63, 3.8) is 0 Å². The number of amides is 1. The van der Waals surface area contributed by atoms with Crippen LogP contribution < -0.4 is 5.32 Å². The van der Waals surface area contributed by atoms with Crippen LogP contribution in [-0.2, 0) is 14.3 Å². The summed E-state index contributed by atoms with van der Waals surface area (Å²) in [6.07, 6.45) is 1.46. The van der Waals surface area contributed by atoms with Crippen molar-refractivity contribution < 1.29 is 23.9 Å². The van der Waals surface area contributed by atoms with E-state index in [9.17, 15) is 14.4 Å². The van der Waals surface area contributed by atoms with Crippen LogP contribution in [0.15, 0.2) is 30.5 Å². The van der Waals surface area contributed by atoms with E-state index < -0.39 is 24.5 Å². The average molecular weight is 376 g/mol. The van der Waals surface area contributed by atoms with E-state index in [0.29, 0.717) is 10.6 Å². The predicted octanol–water partition coefficient (Wildman–Crippen LogP) is 3.24. The number of thiophene rings is 1. The number of carbonyl (C=O) groups is 3. The number of nitrogens with one attached hydrogen (secondary N) is 1. The number of aromatic nitrogens is 1. The highest BCUT2D eigenvalue weighted by molar-refractivity contribution is 7.16. The molecular formula is C18H20N2O5S. The molecule has 2 aromatic heterocycles. The maximum atomic E-state index is 12.1. The van der Waals surface area contributed by atoms with E-state index in [2.05, 4.69) is 10.3 Å². The Kier molecular flexibility index (Phi) is 6.85. The third kappa shape index (κ3) is 5.13. The minimum atomic E-state index is -0.694. The number of hydrogen-bond acceptors (Lipinski definition) is 7. The number of carbonyl (C=O) groups excluding carboxylic acids is 3. The number of esters is 2. The van der Waals surface area contributed by atoms with E-state index in [-0.39, 0.29) is 18.2 Å². The Morgan fingerprint density at radius 3 is 2.58 bits per heavy atom. The van der Waals surface area contributed by atoms with Crippen molar-refractivity contribution in [1.29, 1.82) is 0 Å². The van der Waals surface area contributed by atoms with Gasteiger partial charge in [-0.25, -0.2) is 14.6 Å². The summed E-state index contributed by atoms with van der Waals surface area (Å²) in [6.45, 7) is 5.44. The topological polar surface area (TPSA) is 94.6 Å². The first-order chi connectivity index (χ1) is 12.4. The quantitative estimate of drug-likeness (QED) is 0.746. The number of ether oxygens (including phenoxy) is 2. The Labute approximate surface area is 155 Å². The molecule has 0 bridgehead atoms. The summed E-state index contributed by atoms with van der Waals surface area (Å²) in [4.78, 5) is 40.8. The highest BCUT2D eigenvalue weighted by Crippen LogP contribution is 2.33. The van der Waals surface area contributed by atoms with E-state index in [1.54, 1.807) is 25.1 Å². The van der Waals surface area contributed by atoms with Crippen LogP contribution in [0.4, 0.5) is 5.00 Å². The molecule has 0 atom stereocenters. The van der Waals surface area contributed by atoms with Crippen LogP contribution in [0.25, 0.3) is 0 Å². The van der Waals surface area contributed by atoms with Crippen molar-refractivity contribution in [2.75, 3.05) is 18.5 Å². The van der Waals surface area contributed by atoms with Gasteiger partial charge in [0.1, 0.15) is 10.7 Å². The molecule has 0 radical (unpaired) electrons. The third-order valence-corrected chi connectivity index (χ3v) is 4.63. The molecule has 7 nitrogen and oxygen atoms in total. The molecule has 2 rings (SSSR count). The SMILES string of the molecule is CCOC(=O)c1cc(C(C)C)sc1NC(=O)COC(=O)c1ccccn1. The van der Waals surface area contributed by atoms with Gasteiger partial charge < -0.3 is 14.8 Å². The summed E-state index contributed by atoms with van der Waals surface area (Å²) < 4.78 is 9.96. The third-order valence-electron chi connectivity index (χ3n) is 3.28. The van der Waals surface area contributed by atoms with Crippen molar-refractivity contribution in [3.05, 3.63) is 46.6 Å². The summed E-state index contributed by atoms with van der Waals surface area (Å²) >= 11 is 1.30. The van der Waals surface area contributed by atoms with Gasteiger partial charge in [0.2, 0.25) is 0 Å². The smallest absolute Gasteiger partial charge is 0.357 e. The molecule has 0 aliphatic heterocycles. The molecule has 0 aromatic carbocycles. The summed E-state index contributed by atoms with van der Waals surface area (Å²) in [5.74, 6) is -1.55. The number of nitrogens with zero attached hydrogens (tertiary/aromatic N) is 1. The van der Waals surface area contributed by atoms with Crippen molar-refractivity contribution in [1.82, 2.24) is 4.98 Å². The van der Waals surface area contributed by atoms with Gasteiger partial charge in [0.05, 0.1) is 12.2 Å². The lowest BCUT2D eigenvalue weighted by molar-refractivity contribution is -0.119. The molecular weight excluding hydrogens is 356 g/mol. The Hall–Kier alpha value is -2.74. The van der Waals surface area contributed by atoms with Crippen molar-refractivity contribution in [2.24, 2.45) is 0 Å². The molecule has 0 unspecified atom stereocenters. The van der Waals surface area contributed by atoms with Crippen LogP contribution in [0.1, 0.15) is 52.4 Å². The van der Waals surface area contributed by atoms with Crippen molar-refractivity contribution in [2.45, 2.75) is 26.7 Å². The van der Waals surface area contributed by atoms with Gasteiger partial charge >= 0.3 is 11.9 Å². The van der Waals surface area contributed by atoms with E-state index in [0.717, 1.165) is 4.88 Å². The largest absolute Gasteiger partial charge is 0.462 e. The molecule has 0 aliphatic carbocycles. The summed E-state index contributed by atoms with van der Waals surface area (Å²) in [5, 5.41) is 2.99. The molecule has 138 valence electrons. The lowest BCUT2D eigenvalue weighted by Gasteiger charge is -2.07. The zero-order chi connectivity index (χ0) is 19.1. The number of anilines is 1. The maximum Gasteiger partial charge on any atom is 0.357 e. The molecule has 2 heterocycles. The minimum Gasteiger partial charge on any atom is -0.462 e. The first-order valence-corrected chi connectivity index (χ1v) is 8.92. The van der Waals surface area contributed by atoms with Crippen molar-refractivity contribution in [3.8, 4) is 0 Å². The van der Waals surface area contributed by atoms with Gasteiger partial charge in [-0.3, -0.25) is 4.79 Å². The molecule has 1 amide bonds. The van der Waals surface area contributed by atoms with Gasteiger partial charge in [-0.15, -0.1) is 11.3 Å². The standard InChI is InChI=1S/C18H20N2O5S/c1-4-24-17(22)12-9-14(11(2)3)26-16(12)20-15(21)10-25-18(23)13-7-5-6-8-19-13/h5-9,11H,4,10H2,1-3H3,(H,20,21).